The summed E-state index contributed by atoms with van der Waals surface area (Å²) in [4.78, 5) is 12.1. The van der Waals surface area contributed by atoms with Crippen LogP contribution in [0.2, 0.25) is 0 Å². The van der Waals surface area contributed by atoms with Crippen LogP contribution in [-0.2, 0) is 16.0 Å². The molecule has 2 N–H and O–H groups in total. The van der Waals surface area contributed by atoms with E-state index in [-0.39, 0.29) is 17.8 Å². The van der Waals surface area contributed by atoms with Crippen molar-refractivity contribution in [1.29, 1.82) is 0 Å². The average molecular weight is 233 g/mol. The molecule has 1 aliphatic carbocycles. The fourth-order valence-corrected chi connectivity index (χ4v) is 2.63. The zero-order valence-electron chi connectivity index (χ0n) is 10.2. The second kappa shape index (κ2) is 5.32. The molecular weight excluding hydrogens is 214 g/mol. The van der Waals surface area contributed by atoms with Crippen molar-refractivity contribution in [1.82, 2.24) is 0 Å². The van der Waals surface area contributed by atoms with Crippen molar-refractivity contribution in [2.45, 2.75) is 25.7 Å². The monoisotopic (exact) mass is 233 g/mol. The first-order valence-electron chi connectivity index (χ1n) is 6.22. The molecule has 0 amide bonds. The highest BCUT2D eigenvalue weighted by atomic mass is 16.5. The summed E-state index contributed by atoms with van der Waals surface area (Å²) >= 11 is 0. The Labute approximate surface area is 102 Å². The number of rotatable bonds is 3. The van der Waals surface area contributed by atoms with Gasteiger partial charge in [-0.2, -0.15) is 0 Å². The number of hydrogen-bond donors (Lipinski definition) is 1. The number of aryl methyl sites for hydroxylation is 1. The average Bonchev–Trinajstić information content (AvgIpc) is 2.37. The Morgan fingerprint density at radius 2 is 2.24 bits per heavy atom. The van der Waals surface area contributed by atoms with E-state index in [1.54, 1.807) is 0 Å². The van der Waals surface area contributed by atoms with Gasteiger partial charge in [0, 0.05) is 0 Å². The van der Waals surface area contributed by atoms with E-state index in [0.29, 0.717) is 13.2 Å². The normalized spacial score (nSPS) is 22.9. The zero-order valence-corrected chi connectivity index (χ0v) is 10.2. The highest BCUT2D eigenvalue weighted by Crippen LogP contribution is 2.36. The molecule has 92 valence electrons. The summed E-state index contributed by atoms with van der Waals surface area (Å²) in [6.07, 6.45) is 1.98. The summed E-state index contributed by atoms with van der Waals surface area (Å²) in [5, 5.41) is 0. The van der Waals surface area contributed by atoms with E-state index < -0.39 is 0 Å². The van der Waals surface area contributed by atoms with Crippen molar-refractivity contribution in [3.05, 3.63) is 35.4 Å². The number of carbonyl (C=O) groups excluding carboxylic acids is 1. The van der Waals surface area contributed by atoms with Crippen LogP contribution in [0.25, 0.3) is 0 Å². The topological polar surface area (TPSA) is 52.3 Å². The molecule has 1 aromatic rings. The summed E-state index contributed by atoms with van der Waals surface area (Å²) < 4.78 is 5.18. The predicted octanol–water partition coefficient (Wildman–Crippen LogP) is 1.85. The summed E-state index contributed by atoms with van der Waals surface area (Å²) in [7, 11) is 0. The molecule has 3 nitrogen and oxygen atoms in total. The van der Waals surface area contributed by atoms with Crippen molar-refractivity contribution in [2.75, 3.05) is 13.2 Å². The van der Waals surface area contributed by atoms with Gasteiger partial charge in [0.1, 0.15) is 0 Å². The molecule has 3 heteroatoms. The highest BCUT2D eigenvalue weighted by Gasteiger charge is 2.34. The molecule has 0 aliphatic heterocycles. The van der Waals surface area contributed by atoms with Crippen molar-refractivity contribution in [2.24, 2.45) is 11.7 Å². The van der Waals surface area contributed by atoms with Crippen molar-refractivity contribution in [3.63, 3.8) is 0 Å². The molecule has 2 rings (SSSR count). The molecule has 0 aromatic heterocycles. The van der Waals surface area contributed by atoms with Gasteiger partial charge in [-0.05, 0) is 43.4 Å². The van der Waals surface area contributed by atoms with Crippen LogP contribution in [0.4, 0.5) is 0 Å². The molecular formula is C14H19NO2. The Morgan fingerprint density at radius 1 is 1.47 bits per heavy atom. The second-order valence-corrected chi connectivity index (χ2v) is 4.46. The van der Waals surface area contributed by atoms with Crippen LogP contribution in [0, 0.1) is 5.92 Å². The second-order valence-electron chi connectivity index (χ2n) is 4.46. The minimum Gasteiger partial charge on any atom is -0.466 e. The van der Waals surface area contributed by atoms with Gasteiger partial charge in [0.05, 0.1) is 12.5 Å². The SMILES string of the molecule is CCOC(=O)C1c2ccccc2CCC1CN. The summed E-state index contributed by atoms with van der Waals surface area (Å²) in [6.45, 7) is 2.80. The molecule has 0 spiro atoms. The quantitative estimate of drug-likeness (QED) is 0.811. The van der Waals surface area contributed by atoms with E-state index in [1.807, 2.05) is 25.1 Å². The molecule has 2 unspecified atom stereocenters. The lowest BCUT2D eigenvalue weighted by molar-refractivity contribution is -0.146. The van der Waals surface area contributed by atoms with Crippen molar-refractivity contribution < 1.29 is 9.53 Å². The number of nitrogens with two attached hydrogens (primary N) is 1. The Kier molecular flexibility index (Phi) is 3.79. The Bertz CT molecular complexity index is 403. The van der Waals surface area contributed by atoms with E-state index in [4.69, 9.17) is 10.5 Å². The third kappa shape index (κ3) is 2.34. The molecule has 0 bridgehead atoms. The number of hydrogen-bond acceptors (Lipinski definition) is 3. The number of carbonyl (C=O) groups is 1. The number of fused-ring (bicyclic) bond motifs is 1. The van der Waals surface area contributed by atoms with Crippen LogP contribution >= 0.6 is 0 Å². The smallest absolute Gasteiger partial charge is 0.313 e. The molecule has 1 aromatic carbocycles. The van der Waals surface area contributed by atoms with Crippen molar-refractivity contribution >= 4 is 5.97 Å². The van der Waals surface area contributed by atoms with Gasteiger partial charge >= 0.3 is 5.97 Å². The van der Waals surface area contributed by atoms with Gasteiger partial charge in [-0.3, -0.25) is 4.79 Å². The lowest BCUT2D eigenvalue weighted by atomic mass is 9.75. The van der Waals surface area contributed by atoms with Crippen LogP contribution in [0.15, 0.2) is 24.3 Å². The van der Waals surface area contributed by atoms with Crippen LogP contribution in [-0.4, -0.2) is 19.1 Å². The van der Waals surface area contributed by atoms with E-state index in [9.17, 15) is 4.79 Å². The third-order valence-electron chi connectivity index (χ3n) is 3.49. The van der Waals surface area contributed by atoms with Gasteiger partial charge in [-0.1, -0.05) is 24.3 Å². The molecule has 2 atom stereocenters. The van der Waals surface area contributed by atoms with Gasteiger partial charge in [0.25, 0.3) is 0 Å². The van der Waals surface area contributed by atoms with E-state index in [2.05, 4.69) is 6.07 Å². The van der Waals surface area contributed by atoms with E-state index in [1.165, 1.54) is 5.56 Å². The highest BCUT2D eigenvalue weighted by molar-refractivity contribution is 5.79. The molecule has 0 saturated carbocycles. The van der Waals surface area contributed by atoms with E-state index >= 15 is 0 Å². The first kappa shape index (κ1) is 12.1. The third-order valence-corrected chi connectivity index (χ3v) is 3.49. The Hall–Kier alpha value is -1.35. The first-order valence-corrected chi connectivity index (χ1v) is 6.22. The molecule has 0 fully saturated rings. The number of esters is 1. The summed E-state index contributed by atoms with van der Waals surface area (Å²) in [5.41, 5.74) is 8.14. The first-order chi connectivity index (χ1) is 8.27. The van der Waals surface area contributed by atoms with Crippen LogP contribution in [0.1, 0.15) is 30.4 Å². The molecule has 1 aliphatic rings. The summed E-state index contributed by atoms with van der Waals surface area (Å²) in [5.74, 6) is -0.0936. The molecule has 0 saturated heterocycles. The number of benzene rings is 1. The molecule has 0 heterocycles. The predicted molar refractivity (Wildman–Crippen MR) is 66.7 cm³/mol. The fourth-order valence-electron chi connectivity index (χ4n) is 2.63. The maximum absolute atomic E-state index is 12.1. The maximum atomic E-state index is 12.1. The Morgan fingerprint density at radius 3 is 2.94 bits per heavy atom. The lowest BCUT2D eigenvalue weighted by Crippen LogP contribution is -2.33. The van der Waals surface area contributed by atoms with Crippen LogP contribution in [0.3, 0.4) is 0 Å². The molecule has 0 radical (unpaired) electrons. The Balaban J connectivity index is 2.34. The van der Waals surface area contributed by atoms with Crippen molar-refractivity contribution in [3.8, 4) is 0 Å². The van der Waals surface area contributed by atoms with Gasteiger partial charge in [0.2, 0.25) is 0 Å². The molecule has 17 heavy (non-hydrogen) atoms. The standard InChI is InChI=1S/C14H19NO2/c1-2-17-14(16)13-11(9-15)8-7-10-5-3-4-6-12(10)13/h3-6,11,13H,2,7-9,15H2,1H3. The minimum absolute atomic E-state index is 0.130. The van der Waals surface area contributed by atoms with Crippen LogP contribution < -0.4 is 5.73 Å². The minimum atomic E-state index is -0.176. The van der Waals surface area contributed by atoms with Gasteiger partial charge in [0.15, 0.2) is 0 Å². The fraction of sp³-hybridized carbons (Fsp3) is 0.500. The van der Waals surface area contributed by atoms with Gasteiger partial charge < -0.3 is 10.5 Å². The van der Waals surface area contributed by atoms with E-state index in [0.717, 1.165) is 18.4 Å². The summed E-state index contributed by atoms with van der Waals surface area (Å²) in [6, 6.07) is 8.11. The largest absolute Gasteiger partial charge is 0.466 e. The zero-order chi connectivity index (χ0) is 12.3. The van der Waals surface area contributed by atoms with Gasteiger partial charge in [-0.25, -0.2) is 0 Å². The number of ether oxygens (including phenoxy) is 1. The van der Waals surface area contributed by atoms with Crippen LogP contribution in [0.5, 0.6) is 0 Å². The maximum Gasteiger partial charge on any atom is 0.313 e. The van der Waals surface area contributed by atoms with Gasteiger partial charge in [-0.15, -0.1) is 0 Å². The lowest BCUT2D eigenvalue weighted by Gasteiger charge is -2.31.